The molecule has 5 heteroatoms. The van der Waals surface area contributed by atoms with Crippen LogP contribution in [0.2, 0.25) is 5.02 Å². The number of hydrogen-bond acceptors (Lipinski definition) is 3. The fraction of sp³-hybridized carbons (Fsp3) is 0.182. The summed E-state index contributed by atoms with van der Waals surface area (Å²) in [5.41, 5.74) is 2.37. The van der Waals surface area contributed by atoms with Gasteiger partial charge in [-0.2, -0.15) is 0 Å². The Morgan fingerprint density at radius 1 is 0.889 bits per heavy atom. The molecular weight excluding hydrogens is 365 g/mol. The molecule has 0 radical (unpaired) electrons. The number of anilines is 1. The molecule has 0 spiro atoms. The van der Waals surface area contributed by atoms with Crippen molar-refractivity contribution in [1.29, 1.82) is 0 Å². The van der Waals surface area contributed by atoms with Crippen LogP contribution in [0.3, 0.4) is 0 Å². The van der Waals surface area contributed by atoms with Crippen molar-refractivity contribution in [3.05, 3.63) is 88.7 Å². The van der Waals surface area contributed by atoms with Gasteiger partial charge in [-0.1, -0.05) is 41.9 Å². The zero-order valence-electron chi connectivity index (χ0n) is 15.0. The highest BCUT2D eigenvalue weighted by molar-refractivity contribution is 6.30. The third kappa shape index (κ3) is 5.14. The average molecular weight is 386 g/mol. The lowest BCUT2D eigenvalue weighted by atomic mass is 10.1. The second kappa shape index (κ2) is 9.28. The molecule has 0 saturated heterocycles. The lowest BCUT2D eigenvalue weighted by molar-refractivity contribution is 0.263. The van der Waals surface area contributed by atoms with Crippen LogP contribution in [-0.2, 0) is 13.2 Å². The lowest BCUT2D eigenvalue weighted by Gasteiger charge is -2.17. The van der Waals surface area contributed by atoms with Gasteiger partial charge in [0.25, 0.3) is 0 Å². The molecule has 0 aliphatic rings. The molecule has 3 aromatic rings. The van der Waals surface area contributed by atoms with Crippen molar-refractivity contribution in [2.24, 2.45) is 0 Å². The first kappa shape index (κ1) is 19.1. The third-order valence-corrected chi connectivity index (χ3v) is 4.27. The predicted molar refractivity (Wildman–Crippen MR) is 107 cm³/mol. The highest BCUT2D eigenvalue weighted by Crippen LogP contribution is 2.33. The van der Waals surface area contributed by atoms with E-state index in [0.717, 1.165) is 11.3 Å². The molecule has 3 rings (SSSR count). The van der Waals surface area contributed by atoms with E-state index in [1.54, 1.807) is 18.2 Å². The van der Waals surface area contributed by atoms with E-state index in [2.05, 4.69) is 5.32 Å². The Kier molecular flexibility index (Phi) is 6.55. The summed E-state index contributed by atoms with van der Waals surface area (Å²) in [4.78, 5) is 0. The minimum atomic E-state index is -0.285. The van der Waals surface area contributed by atoms with Crippen molar-refractivity contribution in [1.82, 2.24) is 0 Å². The molecule has 27 heavy (non-hydrogen) atoms. The summed E-state index contributed by atoms with van der Waals surface area (Å²) in [5.74, 6) is 0.973. The normalized spacial score (nSPS) is 10.5. The number of rotatable bonds is 8. The van der Waals surface area contributed by atoms with Crippen molar-refractivity contribution >= 4 is 17.3 Å². The van der Waals surface area contributed by atoms with Crippen LogP contribution >= 0.6 is 11.6 Å². The quantitative estimate of drug-likeness (QED) is 0.510. The van der Waals surface area contributed by atoms with Crippen molar-refractivity contribution in [3.8, 4) is 11.5 Å². The Morgan fingerprint density at radius 2 is 1.63 bits per heavy atom. The molecule has 0 aliphatic carbocycles. The molecule has 0 saturated carbocycles. The van der Waals surface area contributed by atoms with E-state index >= 15 is 0 Å². The number of benzene rings is 3. The summed E-state index contributed by atoms with van der Waals surface area (Å²) in [5, 5.41) is 4.03. The monoisotopic (exact) mass is 385 g/mol. The van der Waals surface area contributed by atoms with Gasteiger partial charge in [0.05, 0.1) is 6.61 Å². The Morgan fingerprint density at radius 3 is 2.37 bits per heavy atom. The smallest absolute Gasteiger partial charge is 0.166 e. The summed E-state index contributed by atoms with van der Waals surface area (Å²) in [6.45, 7) is 3.10. The van der Waals surface area contributed by atoms with Crippen LogP contribution in [0.4, 0.5) is 10.1 Å². The highest BCUT2D eigenvalue weighted by atomic mass is 35.5. The highest BCUT2D eigenvalue weighted by Gasteiger charge is 2.12. The molecule has 0 bridgehead atoms. The van der Waals surface area contributed by atoms with E-state index in [0.29, 0.717) is 35.2 Å². The molecular formula is C22H21ClFNO2. The van der Waals surface area contributed by atoms with Gasteiger partial charge in [-0.25, -0.2) is 4.39 Å². The number of hydrogen-bond donors (Lipinski definition) is 1. The van der Waals surface area contributed by atoms with Gasteiger partial charge in [0.15, 0.2) is 11.5 Å². The van der Waals surface area contributed by atoms with Crippen molar-refractivity contribution in [3.63, 3.8) is 0 Å². The van der Waals surface area contributed by atoms with Crippen LogP contribution in [0.1, 0.15) is 18.1 Å². The SMILES string of the molecule is CCOc1cccc(CNc2ccc(Cl)cc2)c1OCc1ccccc1F. The topological polar surface area (TPSA) is 30.5 Å². The van der Waals surface area contributed by atoms with Crippen LogP contribution in [0.25, 0.3) is 0 Å². The van der Waals surface area contributed by atoms with Crippen molar-refractivity contribution in [2.75, 3.05) is 11.9 Å². The second-order valence-electron chi connectivity index (χ2n) is 5.92. The third-order valence-electron chi connectivity index (χ3n) is 4.02. The molecule has 0 amide bonds. The standard InChI is InChI=1S/C22H21ClFNO2/c1-2-26-21-9-5-7-16(14-25-19-12-10-18(23)11-13-19)22(21)27-15-17-6-3-4-8-20(17)24/h3-13,25H,2,14-15H2,1H3. The van der Waals surface area contributed by atoms with Crippen molar-refractivity contribution in [2.45, 2.75) is 20.1 Å². The van der Waals surface area contributed by atoms with E-state index in [1.165, 1.54) is 6.07 Å². The van der Waals surface area contributed by atoms with Crippen LogP contribution in [0.15, 0.2) is 66.7 Å². The summed E-state index contributed by atoms with van der Waals surface area (Å²) in [6, 6.07) is 19.8. The van der Waals surface area contributed by atoms with Gasteiger partial charge in [-0.05, 0) is 43.3 Å². The Balaban J connectivity index is 1.79. The summed E-state index contributed by atoms with van der Waals surface area (Å²) >= 11 is 5.93. The summed E-state index contributed by atoms with van der Waals surface area (Å²) in [7, 11) is 0. The van der Waals surface area contributed by atoms with Crippen LogP contribution in [-0.4, -0.2) is 6.61 Å². The summed E-state index contributed by atoms with van der Waals surface area (Å²) < 4.78 is 25.6. The zero-order valence-corrected chi connectivity index (χ0v) is 15.8. The maximum absolute atomic E-state index is 13.9. The largest absolute Gasteiger partial charge is 0.490 e. The van der Waals surface area contributed by atoms with E-state index < -0.39 is 0 Å². The minimum absolute atomic E-state index is 0.130. The van der Waals surface area contributed by atoms with Gasteiger partial charge < -0.3 is 14.8 Å². The van der Waals surface area contributed by atoms with Crippen LogP contribution in [0, 0.1) is 5.82 Å². The molecule has 0 aromatic heterocycles. The fourth-order valence-electron chi connectivity index (χ4n) is 2.66. The maximum Gasteiger partial charge on any atom is 0.166 e. The average Bonchev–Trinajstić information content (AvgIpc) is 2.68. The number of nitrogens with one attached hydrogen (secondary N) is 1. The second-order valence-corrected chi connectivity index (χ2v) is 6.35. The summed E-state index contributed by atoms with van der Waals surface area (Å²) in [6.07, 6.45) is 0. The molecule has 3 aromatic carbocycles. The predicted octanol–water partition coefficient (Wildman–Crippen LogP) is 6.07. The molecule has 0 fully saturated rings. The lowest BCUT2D eigenvalue weighted by Crippen LogP contribution is -2.06. The Hall–Kier alpha value is -2.72. The Labute approximate surface area is 163 Å². The van der Waals surface area contributed by atoms with Crippen LogP contribution < -0.4 is 14.8 Å². The molecule has 0 aliphatic heterocycles. The molecule has 1 N–H and O–H groups in total. The maximum atomic E-state index is 13.9. The van der Waals surface area contributed by atoms with Crippen molar-refractivity contribution < 1.29 is 13.9 Å². The fourth-order valence-corrected chi connectivity index (χ4v) is 2.79. The first-order valence-corrected chi connectivity index (χ1v) is 9.15. The Bertz CT molecular complexity index is 884. The van der Waals surface area contributed by atoms with E-state index in [9.17, 15) is 4.39 Å². The zero-order chi connectivity index (χ0) is 19.1. The van der Waals surface area contributed by atoms with Gasteiger partial charge >= 0.3 is 0 Å². The van der Waals surface area contributed by atoms with E-state index in [-0.39, 0.29) is 12.4 Å². The molecule has 0 unspecified atom stereocenters. The van der Waals surface area contributed by atoms with Gasteiger partial charge in [-0.3, -0.25) is 0 Å². The van der Waals surface area contributed by atoms with Crippen LogP contribution in [0.5, 0.6) is 11.5 Å². The van der Waals surface area contributed by atoms with Gasteiger partial charge in [-0.15, -0.1) is 0 Å². The number of para-hydroxylation sites is 1. The molecule has 3 nitrogen and oxygen atoms in total. The van der Waals surface area contributed by atoms with E-state index in [4.69, 9.17) is 21.1 Å². The number of halogens is 2. The van der Waals surface area contributed by atoms with Gasteiger partial charge in [0.1, 0.15) is 12.4 Å². The minimum Gasteiger partial charge on any atom is -0.490 e. The number of ether oxygens (including phenoxy) is 2. The molecule has 0 atom stereocenters. The first-order chi connectivity index (χ1) is 13.2. The van der Waals surface area contributed by atoms with Gasteiger partial charge in [0.2, 0.25) is 0 Å². The molecule has 0 heterocycles. The van der Waals surface area contributed by atoms with Gasteiger partial charge in [0, 0.05) is 28.4 Å². The first-order valence-electron chi connectivity index (χ1n) is 8.77. The molecule has 140 valence electrons. The van der Waals surface area contributed by atoms with E-state index in [1.807, 2.05) is 49.4 Å².